The first-order valence-electron chi connectivity index (χ1n) is 6.59. The molecule has 0 unspecified atom stereocenters. The summed E-state index contributed by atoms with van der Waals surface area (Å²) in [6.07, 6.45) is 0.738. The monoisotopic (exact) mass is 293 g/mol. The Morgan fingerprint density at radius 2 is 2.05 bits per heavy atom. The summed E-state index contributed by atoms with van der Waals surface area (Å²) < 4.78 is 30.1. The third kappa shape index (κ3) is 7.46. The first kappa shape index (κ1) is 16.4. The van der Waals surface area contributed by atoms with E-state index in [-0.39, 0.29) is 6.61 Å². The Morgan fingerprint density at radius 1 is 1.37 bits per heavy atom. The maximum atomic E-state index is 11.5. The van der Waals surface area contributed by atoms with Crippen LogP contribution in [0.3, 0.4) is 0 Å². The molecule has 8 heteroatoms. The van der Waals surface area contributed by atoms with Gasteiger partial charge in [0, 0.05) is 32.7 Å². The Bertz CT molecular complexity index is 366. The average Bonchev–Trinajstić information content (AvgIpc) is 2.35. The van der Waals surface area contributed by atoms with Crippen LogP contribution in [0.2, 0.25) is 0 Å². The van der Waals surface area contributed by atoms with Crippen molar-refractivity contribution < 1.29 is 17.9 Å². The largest absolute Gasteiger partial charge is 0.465 e. The summed E-state index contributed by atoms with van der Waals surface area (Å²) in [7, 11) is -3.56. The molecule has 0 aromatic heterocycles. The highest BCUT2D eigenvalue weighted by Gasteiger charge is 2.16. The lowest BCUT2D eigenvalue weighted by molar-refractivity contribution is -0.139. The van der Waals surface area contributed by atoms with Crippen molar-refractivity contribution in [1.82, 2.24) is 14.9 Å². The summed E-state index contributed by atoms with van der Waals surface area (Å²) in [6, 6.07) is 0. The number of nitrogens with one attached hydrogen (secondary N) is 2. The maximum absolute atomic E-state index is 11.5. The van der Waals surface area contributed by atoms with Gasteiger partial charge >= 0.3 is 5.97 Å². The summed E-state index contributed by atoms with van der Waals surface area (Å²) in [5.41, 5.74) is 0. The molecule has 0 aliphatic carbocycles. The number of ether oxygens (including phenoxy) is 1. The Balaban J connectivity index is 2.14. The number of esters is 1. The van der Waals surface area contributed by atoms with Gasteiger partial charge < -0.3 is 15.0 Å². The standard InChI is InChI=1S/C11H23N3O4S/c1-2-18-11(15)10-19(16,17)13-4-3-7-14-8-5-12-6-9-14/h12-13H,2-10H2,1H3. The lowest BCUT2D eigenvalue weighted by Gasteiger charge is -2.26. The number of piperazine rings is 1. The van der Waals surface area contributed by atoms with Crippen LogP contribution in [-0.2, 0) is 19.6 Å². The number of carbonyl (C=O) groups excluding carboxylic acids is 1. The Kier molecular flexibility index (Phi) is 7.29. The molecular formula is C11H23N3O4S. The minimum Gasteiger partial charge on any atom is -0.465 e. The van der Waals surface area contributed by atoms with Gasteiger partial charge in [0.25, 0.3) is 0 Å². The highest BCUT2D eigenvalue weighted by molar-refractivity contribution is 7.90. The van der Waals surface area contributed by atoms with Crippen molar-refractivity contribution >= 4 is 16.0 Å². The second-order valence-corrected chi connectivity index (χ2v) is 6.21. The highest BCUT2D eigenvalue weighted by atomic mass is 32.2. The van der Waals surface area contributed by atoms with Crippen LogP contribution in [0.1, 0.15) is 13.3 Å². The zero-order chi connectivity index (χ0) is 14.1. The lowest BCUT2D eigenvalue weighted by Crippen LogP contribution is -2.44. The Labute approximate surface area is 114 Å². The first-order valence-corrected chi connectivity index (χ1v) is 8.25. The second-order valence-electron chi connectivity index (χ2n) is 4.40. The molecule has 0 amide bonds. The molecule has 0 atom stereocenters. The molecule has 0 aromatic carbocycles. The third-order valence-electron chi connectivity index (χ3n) is 2.80. The molecule has 0 saturated carbocycles. The minimum absolute atomic E-state index is 0.192. The van der Waals surface area contributed by atoms with E-state index in [1.54, 1.807) is 6.92 Å². The van der Waals surface area contributed by atoms with Crippen molar-refractivity contribution in [2.24, 2.45) is 0 Å². The summed E-state index contributed by atoms with van der Waals surface area (Å²) in [5.74, 6) is -1.31. The predicted molar refractivity (Wildman–Crippen MR) is 72.3 cm³/mol. The minimum atomic E-state index is -3.56. The van der Waals surface area contributed by atoms with Crippen molar-refractivity contribution in [1.29, 1.82) is 0 Å². The zero-order valence-corrected chi connectivity index (χ0v) is 12.2. The van der Waals surface area contributed by atoms with Gasteiger partial charge in [-0.25, -0.2) is 13.1 Å². The van der Waals surface area contributed by atoms with E-state index in [1.165, 1.54) is 0 Å². The van der Waals surface area contributed by atoms with Gasteiger partial charge in [-0.3, -0.25) is 4.79 Å². The summed E-state index contributed by atoms with van der Waals surface area (Å²) in [6.45, 7) is 7.01. The number of hydrogen-bond acceptors (Lipinski definition) is 6. The molecule has 1 rings (SSSR count). The molecule has 1 aliphatic heterocycles. The fourth-order valence-corrected chi connectivity index (χ4v) is 2.82. The van der Waals surface area contributed by atoms with Crippen molar-refractivity contribution in [3.8, 4) is 0 Å². The third-order valence-corrected chi connectivity index (χ3v) is 4.06. The van der Waals surface area contributed by atoms with E-state index in [0.717, 1.165) is 39.1 Å². The van der Waals surface area contributed by atoms with Gasteiger partial charge in [0.1, 0.15) is 0 Å². The number of sulfonamides is 1. The maximum Gasteiger partial charge on any atom is 0.322 e. The van der Waals surface area contributed by atoms with Crippen LogP contribution in [0.15, 0.2) is 0 Å². The van der Waals surface area contributed by atoms with Crippen LogP contribution in [0.5, 0.6) is 0 Å². The van der Waals surface area contributed by atoms with E-state index < -0.39 is 21.7 Å². The molecule has 112 valence electrons. The highest BCUT2D eigenvalue weighted by Crippen LogP contribution is 1.95. The molecule has 0 bridgehead atoms. The summed E-state index contributed by atoms with van der Waals surface area (Å²) >= 11 is 0. The smallest absolute Gasteiger partial charge is 0.322 e. The van der Waals surface area contributed by atoms with Crippen molar-refractivity contribution in [2.45, 2.75) is 13.3 Å². The molecule has 0 radical (unpaired) electrons. The predicted octanol–water partition coefficient (Wildman–Crippen LogP) is -1.24. The Hall–Kier alpha value is -0.700. The van der Waals surface area contributed by atoms with Gasteiger partial charge in [-0.1, -0.05) is 0 Å². The molecule has 0 aromatic rings. The Morgan fingerprint density at radius 3 is 2.68 bits per heavy atom. The van der Waals surface area contributed by atoms with E-state index >= 15 is 0 Å². The summed E-state index contributed by atoms with van der Waals surface area (Å²) in [4.78, 5) is 13.4. The molecule has 0 spiro atoms. The SMILES string of the molecule is CCOC(=O)CS(=O)(=O)NCCCN1CCNCC1. The van der Waals surface area contributed by atoms with Gasteiger partial charge in [0.15, 0.2) is 5.75 Å². The van der Waals surface area contributed by atoms with Crippen LogP contribution in [0.25, 0.3) is 0 Å². The van der Waals surface area contributed by atoms with Gasteiger partial charge in [-0.05, 0) is 19.9 Å². The molecule has 19 heavy (non-hydrogen) atoms. The quantitative estimate of drug-likeness (QED) is 0.430. The van der Waals surface area contributed by atoms with Crippen molar-refractivity contribution in [3.05, 3.63) is 0 Å². The van der Waals surface area contributed by atoms with Crippen LogP contribution >= 0.6 is 0 Å². The molecule has 2 N–H and O–H groups in total. The van der Waals surface area contributed by atoms with Crippen molar-refractivity contribution in [2.75, 3.05) is 51.6 Å². The topological polar surface area (TPSA) is 87.7 Å². The van der Waals surface area contributed by atoms with Gasteiger partial charge in [0.2, 0.25) is 10.0 Å². The molecule has 1 fully saturated rings. The normalized spacial score (nSPS) is 17.3. The molecule has 1 aliphatic rings. The van der Waals surface area contributed by atoms with E-state index in [4.69, 9.17) is 0 Å². The average molecular weight is 293 g/mol. The summed E-state index contributed by atoms with van der Waals surface area (Å²) in [5, 5.41) is 3.26. The second kappa shape index (κ2) is 8.47. The number of nitrogens with zero attached hydrogens (tertiary/aromatic N) is 1. The molecular weight excluding hydrogens is 270 g/mol. The fraction of sp³-hybridized carbons (Fsp3) is 0.909. The van der Waals surface area contributed by atoms with E-state index in [9.17, 15) is 13.2 Å². The van der Waals surface area contributed by atoms with Crippen LogP contribution in [0, 0.1) is 0 Å². The zero-order valence-electron chi connectivity index (χ0n) is 11.4. The van der Waals surface area contributed by atoms with E-state index in [1.807, 2.05) is 0 Å². The van der Waals surface area contributed by atoms with Crippen LogP contribution < -0.4 is 10.0 Å². The van der Waals surface area contributed by atoms with Crippen LogP contribution in [0.4, 0.5) is 0 Å². The molecule has 1 heterocycles. The lowest BCUT2D eigenvalue weighted by atomic mass is 10.3. The number of carbonyl (C=O) groups is 1. The molecule has 7 nitrogen and oxygen atoms in total. The molecule has 1 saturated heterocycles. The van der Waals surface area contributed by atoms with Gasteiger partial charge in [0.05, 0.1) is 6.61 Å². The number of rotatable bonds is 8. The van der Waals surface area contributed by atoms with Crippen LogP contribution in [-0.4, -0.2) is 70.9 Å². The van der Waals surface area contributed by atoms with Gasteiger partial charge in [-0.2, -0.15) is 0 Å². The van der Waals surface area contributed by atoms with Gasteiger partial charge in [-0.15, -0.1) is 0 Å². The van der Waals surface area contributed by atoms with E-state index in [2.05, 4.69) is 19.7 Å². The fourth-order valence-electron chi connectivity index (χ4n) is 1.87. The van der Waals surface area contributed by atoms with E-state index in [0.29, 0.717) is 6.54 Å². The first-order chi connectivity index (χ1) is 9.03. The number of hydrogen-bond donors (Lipinski definition) is 2. The van der Waals surface area contributed by atoms with Crippen molar-refractivity contribution in [3.63, 3.8) is 0 Å².